The molecule has 1 aromatic heterocycles. The van der Waals surface area contributed by atoms with Gasteiger partial charge in [-0.3, -0.25) is 4.72 Å². The molecule has 18 heavy (non-hydrogen) atoms. The number of aliphatic hydroxyl groups is 1. The summed E-state index contributed by atoms with van der Waals surface area (Å²) in [6.07, 6.45) is 0. The highest BCUT2D eigenvalue weighted by atomic mass is 32.2. The number of hydrogen-bond acceptors (Lipinski definition) is 4. The molecule has 0 saturated carbocycles. The Morgan fingerprint density at radius 2 is 2.06 bits per heavy atom. The van der Waals surface area contributed by atoms with Crippen molar-refractivity contribution in [2.24, 2.45) is 0 Å². The second kappa shape index (κ2) is 5.38. The Bertz CT molecular complexity index is 577. The largest absolute Gasteiger partial charge is 0.384 e. The van der Waals surface area contributed by atoms with Crippen molar-refractivity contribution in [3.63, 3.8) is 0 Å². The van der Waals surface area contributed by atoms with Crippen LogP contribution < -0.4 is 4.72 Å². The number of rotatable bonds is 2. The van der Waals surface area contributed by atoms with Crippen molar-refractivity contribution in [1.29, 1.82) is 0 Å². The summed E-state index contributed by atoms with van der Waals surface area (Å²) >= 11 is 0. The maximum absolute atomic E-state index is 11.9. The van der Waals surface area contributed by atoms with Crippen LogP contribution in [-0.2, 0) is 10.0 Å². The van der Waals surface area contributed by atoms with Crippen LogP contribution >= 0.6 is 0 Å². The van der Waals surface area contributed by atoms with E-state index in [-0.39, 0.29) is 12.4 Å². The Hall–Kier alpha value is -1.58. The number of aromatic nitrogens is 1. The fourth-order valence-corrected chi connectivity index (χ4v) is 1.68. The van der Waals surface area contributed by atoms with E-state index in [1.165, 1.54) is 0 Å². The predicted octanol–water partition coefficient (Wildman–Crippen LogP) is 0.966. The highest BCUT2D eigenvalue weighted by Crippen LogP contribution is 2.18. The number of nitrogens with zero attached hydrogens (tertiary/aromatic N) is 1. The summed E-state index contributed by atoms with van der Waals surface area (Å²) in [5.41, 5.74) is 0.401. The van der Waals surface area contributed by atoms with Gasteiger partial charge in [0, 0.05) is 0 Å². The number of pyridine rings is 1. The third-order valence-corrected chi connectivity index (χ3v) is 4.18. The van der Waals surface area contributed by atoms with Gasteiger partial charge in [-0.25, -0.2) is 13.4 Å². The maximum Gasteiger partial charge on any atom is 0.238 e. The van der Waals surface area contributed by atoms with Crippen molar-refractivity contribution < 1.29 is 13.5 Å². The molecule has 1 heterocycles. The molecular weight excluding hydrogens is 252 g/mol. The van der Waals surface area contributed by atoms with Gasteiger partial charge in [-0.15, -0.1) is 0 Å². The molecule has 98 valence electrons. The van der Waals surface area contributed by atoms with E-state index < -0.39 is 14.8 Å². The zero-order valence-corrected chi connectivity index (χ0v) is 11.4. The minimum absolute atomic E-state index is 0.217. The van der Waals surface area contributed by atoms with Crippen LogP contribution in [0.2, 0.25) is 0 Å². The average molecular weight is 268 g/mol. The van der Waals surface area contributed by atoms with Gasteiger partial charge in [0.05, 0.1) is 4.75 Å². The molecule has 0 amide bonds. The molecule has 0 spiro atoms. The topological polar surface area (TPSA) is 79.3 Å². The lowest BCUT2D eigenvalue weighted by Gasteiger charge is -2.19. The quantitative estimate of drug-likeness (QED) is 0.783. The van der Waals surface area contributed by atoms with Crippen LogP contribution in [-0.4, -0.2) is 29.9 Å². The number of nitrogens with one attached hydrogen (secondary N) is 1. The third kappa shape index (κ3) is 3.72. The molecule has 0 aliphatic heterocycles. The van der Waals surface area contributed by atoms with E-state index in [0.717, 1.165) is 0 Å². The van der Waals surface area contributed by atoms with E-state index in [1.54, 1.807) is 39.0 Å². The molecule has 0 bridgehead atoms. The molecule has 0 saturated heterocycles. The highest BCUT2D eigenvalue weighted by Gasteiger charge is 2.29. The van der Waals surface area contributed by atoms with Crippen LogP contribution in [0.5, 0.6) is 0 Å². The fraction of sp³-hybridized carbons (Fsp3) is 0.417. The van der Waals surface area contributed by atoms with Gasteiger partial charge in [0.1, 0.15) is 18.1 Å². The van der Waals surface area contributed by atoms with E-state index in [2.05, 4.69) is 21.5 Å². The first-order valence-corrected chi connectivity index (χ1v) is 6.84. The van der Waals surface area contributed by atoms with Crippen LogP contribution in [0, 0.1) is 11.8 Å². The minimum Gasteiger partial charge on any atom is -0.384 e. The minimum atomic E-state index is -3.50. The molecule has 5 nitrogen and oxygen atoms in total. The molecule has 6 heteroatoms. The molecule has 0 radical (unpaired) electrons. The SMILES string of the molecule is CC(C)(C)S(=O)(=O)Nc1cccc(C#CCO)n1. The predicted molar refractivity (Wildman–Crippen MR) is 70.5 cm³/mol. The summed E-state index contributed by atoms with van der Waals surface area (Å²) in [5, 5.41) is 8.58. The van der Waals surface area contributed by atoms with E-state index in [0.29, 0.717) is 5.69 Å². The van der Waals surface area contributed by atoms with Gasteiger partial charge in [-0.2, -0.15) is 0 Å². The molecule has 0 fully saturated rings. The van der Waals surface area contributed by atoms with E-state index in [1.807, 2.05) is 0 Å². The number of hydrogen-bond donors (Lipinski definition) is 2. The smallest absolute Gasteiger partial charge is 0.238 e. The second-order valence-electron chi connectivity index (χ2n) is 4.59. The number of aliphatic hydroxyl groups excluding tert-OH is 1. The van der Waals surface area contributed by atoms with Crippen LogP contribution in [0.1, 0.15) is 26.5 Å². The van der Waals surface area contributed by atoms with Crippen LogP contribution in [0.3, 0.4) is 0 Å². The maximum atomic E-state index is 11.9. The van der Waals surface area contributed by atoms with Gasteiger partial charge in [0.25, 0.3) is 0 Å². The first-order chi connectivity index (χ1) is 8.26. The number of sulfonamides is 1. The van der Waals surface area contributed by atoms with Crippen molar-refractivity contribution in [2.45, 2.75) is 25.5 Å². The van der Waals surface area contributed by atoms with Gasteiger partial charge >= 0.3 is 0 Å². The number of anilines is 1. The van der Waals surface area contributed by atoms with Crippen molar-refractivity contribution in [2.75, 3.05) is 11.3 Å². The summed E-state index contributed by atoms with van der Waals surface area (Å²) in [7, 11) is -3.50. The third-order valence-electron chi connectivity index (χ3n) is 2.09. The van der Waals surface area contributed by atoms with Crippen LogP contribution in [0.15, 0.2) is 18.2 Å². The average Bonchev–Trinajstić information content (AvgIpc) is 2.24. The summed E-state index contributed by atoms with van der Waals surface area (Å²) < 4.78 is 25.3. The standard InChI is InChI=1S/C12H16N2O3S/c1-12(2,3)18(16,17)14-11-8-4-6-10(13-11)7-5-9-15/h4,6,8,15H,9H2,1-3H3,(H,13,14). The van der Waals surface area contributed by atoms with Gasteiger partial charge in [0.2, 0.25) is 10.0 Å². The Kier molecular flexibility index (Phi) is 4.33. The van der Waals surface area contributed by atoms with E-state index in [4.69, 9.17) is 5.11 Å². The Morgan fingerprint density at radius 1 is 1.39 bits per heavy atom. The van der Waals surface area contributed by atoms with Crippen molar-refractivity contribution >= 4 is 15.8 Å². The molecular formula is C12H16N2O3S. The lowest BCUT2D eigenvalue weighted by Crippen LogP contribution is -2.34. The molecule has 0 atom stereocenters. The van der Waals surface area contributed by atoms with Gasteiger partial charge in [0.15, 0.2) is 0 Å². The summed E-state index contributed by atoms with van der Waals surface area (Å²) in [6.45, 7) is 4.54. The molecule has 2 N–H and O–H groups in total. The Labute approximate surface area is 107 Å². The zero-order chi connectivity index (χ0) is 13.8. The van der Waals surface area contributed by atoms with E-state index >= 15 is 0 Å². The summed E-state index contributed by atoms with van der Waals surface area (Å²) in [4.78, 5) is 4.03. The molecule has 1 aromatic rings. The van der Waals surface area contributed by atoms with Crippen LogP contribution in [0.25, 0.3) is 0 Å². The van der Waals surface area contributed by atoms with Gasteiger partial charge in [-0.1, -0.05) is 12.0 Å². The molecule has 0 aliphatic rings. The molecule has 0 unspecified atom stereocenters. The Morgan fingerprint density at radius 3 is 2.61 bits per heavy atom. The fourth-order valence-electron chi connectivity index (χ4n) is 0.982. The van der Waals surface area contributed by atoms with Crippen molar-refractivity contribution in [3.8, 4) is 11.8 Å². The van der Waals surface area contributed by atoms with Crippen molar-refractivity contribution in [1.82, 2.24) is 4.98 Å². The highest BCUT2D eigenvalue weighted by molar-refractivity contribution is 7.94. The van der Waals surface area contributed by atoms with Gasteiger partial charge in [-0.05, 0) is 38.8 Å². The monoisotopic (exact) mass is 268 g/mol. The second-order valence-corrected chi connectivity index (χ2v) is 7.02. The Balaban J connectivity index is 3.00. The molecule has 0 aliphatic carbocycles. The zero-order valence-electron chi connectivity index (χ0n) is 10.6. The first-order valence-electron chi connectivity index (χ1n) is 5.35. The van der Waals surface area contributed by atoms with Crippen molar-refractivity contribution in [3.05, 3.63) is 23.9 Å². The van der Waals surface area contributed by atoms with Gasteiger partial charge < -0.3 is 5.11 Å². The van der Waals surface area contributed by atoms with Crippen LogP contribution in [0.4, 0.5) is 5.82 Å². The summed E-state index contributed by atoms with van der Waals surface area (Å²) in [6, 6.07) is 4.83. The lowest BCUT2D eigenvalue weighted by atomic mass is 10.3. The normalized spacial score (nSPS) is 11.6. The molecule has 0 aromatic carbocycles. The first kappa shape index (κ1) is 14.5. The lowest BCUT2D eigenvalue weighted by molar-refractivity contribution is 0.350. The van der Waals surface area contributed by atoms with E-state index in [9.17, 15) is 8.42 Å². The summed E-state index contributed by atoms with van der Waals surface area (Å²) in [5.74, 6) is 5.28. The molecule has 1 rings (SSSR count).